The summed E-state index contributed by atoms with van der Waals surface area (Å²) in [5.74, 6) is -0.0277. The minimum atomic E-state index is -0.597. The van der Waals surface area contributed by atoms with Crippen LogP contribution in [-0.2, 0) is 6.67 Å². The Labute approximate surface area is 85.1 Å². The first-order valence-electron chi connectivity index (χ1n) is 4.07. The molecule has 0 bridgehead atoms. The molecule has 1 aromatic rings. The van der Waals surface area contributed by atoms with E-state index in [2.05, 4.69) is 15.9 Å². The van der Waals surface area contributed by atoms with Gasteiger partial charge >= 0.3 is 0 Å². The zero-order valence-corrected chi connectivity index (χ0v) is 8.90. The van der Waals surface area contributed by atoms with Gasteiger partial charge in [0.1, 0.15) is 6.67 Å². The number of benzene rings is 1. The number of rotatable bonds is 3. The molecule has 13 heavy (non-hydrogen) atoms. The van der Waals surface area contributed by atoms with Gasteiger partial charge in [0.2, 0.25) is 0 Å². The van der Waals surface area contributed by atoms with Gasteiger partial charge < -0.3 is 0 Å². The number of alkyl halides is 1. The zero-order chi connectivity index (χ0) is 9.84. The first kappa shape index (κ1) is 10.4. The van der Waals surface area contributed by atoms with Crippen LogP contribution in [0.4, 0.5) is 4.39 Å². The van der Waals surface area contributed by atoms with Crippen LogP contribution in [0.2, 0.25) is 0 Å². The van der Waals surface area contributed by atoms with E-state index >= 15 is 0 Å². The van der Waals surface area contributed by atoms with Crippen molar-refractivity contribution in [1.29, 1.82) is 0 Å². The van der Waals surface area contributed by atoms with Crippen LogP contribution >= 0.6 is 15.9 Å². The van der Waals surface area contributed by atoms with Crippen LogP contribution < -0.4 is 0 Å². The lowest BCUT2D eigenvalue weighted by Gasteiger charge is -2.06. The summed E-state index contributed by atoms with van der Waals surface area (Å²) in [6, 6.07) is 5.11. The number of hydrogen-bond acceptors (Lipinski definition) is 1. The molecule has 0 heterocycles. The van der Waals surface area contributed by atoms with Crippen molar-refractivity contribution in [3.63, 3.8) is 0 Å². The molecule has 0 radical (unpaired) electrons. The molecule has 1 nitrogen and oxygen atoms in total. The lowest BCUT2D eigenvalue weighted by molar-refractivity contribution is 0.0985. The summed E-state index contributed by atoms with van der Waals surface area (Å²) in [5.41, 5.74) is 0.939. The summed E-state index contributed by atoms with van der Waals surface area (Å²) in [4.78, 5) is 11.4. The van der Waals surface area contributed by atoms with Crippen molar-refractivity contribution in [3.05, 3.63) is 33.8 Å². The topological polar surface area (TPSA) is 17.1 Å². The Bertz CT molecular complexity index is 323. The lowest BCUT2D eigenvalue weighted by atomic mass is 10.0. The molecule has 0 aliphatic carbocycles. The van der Waals surface area contributed by atoms with Gasteiger partial charge in [-0.05, 0) is 11.6 Å². The van der Waals surface area contributed by atoms with Crippen molar-refractivity contribution in [3.8, 4) is 0 Å². The summed E-state index contributed by atoms with van der Waals surface area (Å²) in [5, 5.41) is 0. The quantitative estimate of drug-likeness (QED) is 0.744. The summed E-state index contributed by atoms with van der Waals surface area (Å²) in [6.45, 7) is 1.17. The second kappa shape index (κ2) is 4.51. The largest absolute Gasteiger partial charge is 0.294 e. The van der Waals surface area contributed by atoms with Crippen molar-refractivity contribution in [2.24, 2.45) is 0 Å². The highest BCUT2D eigenvalue weighted by molar-refractivity contribution is 9.10. The monoisotopic (exact) mass is 244 g/mol. The molecule has 0 amide bonds. The van der Waals surface area contributed by atoms with Crippen molar-refractivity contribution in [1.82, 2.24) is 0 Å². The minimum Gasteiger partial charge on any atom is -0.294 e. The standard InChI is InChI=1S/C10H10BrFO/c1-2-9(13)10-7(6-12)4-3-5-8(10)11/h3-5H,2,6H2,1H3. The Balaban J connectivity index is 3.22. The van der Waals surface area contributed by atoms with Gasteiger partial charge in [-0.1, -0.05) is 35.0 Å². The van der Waals surface area contributed by atoms with Gasteiger partial charge in [-0.15, -0.1) is 0 Å². The molecule has 0 aliphatic rings. The fourth-order valence-electron chi connectivity index (χ4n) is 1.17. The van der Waals surface area contributed by atoms with Crippen LogP contribution in [0.3, 0.4) is 0 Å². The van der Waals surface area contributed by atoms with Gasteiger partial charge in [0.05, 0.1) is 0 Å². The molecular weight excluding hydrogens is 235 g/mol. The third kappa shape index (κ3) is 2.15. The third-order valence-electron chi connectivity index (χ3n) is 1.84. The number of carbonyl (C=O) groups excluding carboxylic acids is 1. The number of carbonyl (C=O) groups is 1. The van der Waals surface area contributed by atoms with Gasteiger partial charge in [0, 0.05) is 16.5 Å². The van der Waals surface area contributed by atoms with Gasteiger partial charge in [-0.25, -0.2) is 4.39 Å². The summed E-state index contributed by atoms with van der Waals surface area (Å²) in [7, 11) is 0. The number of halogens is 2. The van der Waals surface area contributed by atoms with Gasteiger partial charge in [-0.3, -0.25) is 4.79 Å². The van der Waals surface area contributed by atoms with Crippen molar-refractivity contribution in [2.45, 2.75) is 20.0 Å². The van der Waals surface area contributed by atoms with Crippen molar-refractivity contribution in [2.75, 3.05) is 0 Å². The van der Waals surface area contributed by atoms with Gasteiger partial charge in [0.15, 0.2) is 5.78 Å². The Kier molecular flexibility index (Phi) is 3.60. The Morgan fingerprint density at radius 1 is 1.54 bits per heavy atom. The number of Topliss-reactive ketones (excluding diaryl/α,β-unsaturated/α-hetero) is 1. The van der Waals surface area contributed by atoms with E-state index in [9.17, 15) is 9.18 Å². The first-order chi connectivity index (χ1) is 6.20. The number of ketones is 1. The minimum absolute atomic E-state index is 0.0277. The molecule has 1 aromatic carbocycles. The zero-order valence-electron chi connectivity index (χ0n) is 7.31. The predicted octanol–water partition coefficient (Wildman–Crippen LogP) is 3.51. The maximum absolute atomic E-state index is 12.5. The van der Waals surface area contributed by atoms with Crippen LogP contribution in [0, 0.1) is 0 Å². The second-order valence-electron chi connectivity index (χ2n) is 2.68. The molecule has 0 fully saturated rings. The molecule has 0 aliphatic heterocycles. The summed E-state index contributed by atoms with van der Waals surface area (Å²) < 4.78 is 13.2. The molecule has 0 saturated carbocycles. The SMILES string of the molecule is CCC(=O)c1c(Br)cccc1CF. The van der Waals surface area contributed by atoms with Gasteiger partial charge in [-0.2, -0.15) is 0 Å². The normalized spacial score (nSPS) is 10.1. The third-order valence-corrected chi connectivity index (χ3v) is 2.50. The predicted molar refractivity (Wildman–Crippen MR) is 53.6 cm³/mol. The fourth-order valence-corrected chi connectivity index (χ4v) is 1.80. The Hall–Kier alpha value is -0.700. The summed E-state index contributed by atoms with van der Waals surface area (Å²) in [6.07, 6.45) is 0.398. The summed E-state index contributed by atoms with van der Waals surface area (Å²) >= 11 is 3.24. The molecule has 0 saturated heterocycles. The first-order valence-corrected chi connectivity index (χ1v) is 4.86. The smallest absolute Gasteiger partial charge is 0.164 e. The molecule has 0 spiro atoms. The van der Waals surface area contributed by atoms with E-state index in [1.165, 1.54) is 0 Å². The molecule has 3 heteroatoms. The van der Waals surface area contributed by atoms with Crippen LogP contribution in [-0.4, -0.2) is 5.78 Å². The van der Waals surface area contributed by atoms with E-state index in [0.29, 0.717) is 22.0 Å². The molecule has 0 unspecified atom stereocenters. The molecule has 0 N–H and O–H groups in total. The Morgan fingerprint density at radius 2 is 2.23 bits per heavy atom. The average Bonchev–Trinajstić information content (AvgIpc) is 2.16. The maximum Gasteiger partial charge on any atom is 0.164 e. The highest BCUT2D eigenvalue weighted by Crippen LogP contribution is 2.22. The molecule has 0 atom stereocenters. The van der Waals surface area contributed by atoms with E-state index < -0.39 is 6.67 Å². The molecule has 70 valence electrons. The van der Waals surface area contributed by atoms with Crippen LogP contribution in [0.25, 0.3) is 0 Å². The van der Waals surface area contributed by atoms with E-state index in [1.54, 1.807) is 25.1 Å². The van der Waals surface area contributed by atoms with Crippen LogP contribution in [0.1, 0.15) is 29.3 Å². The number of hydrogen-bond donors (Lipinski definition) is 0. The average molecular weight is 245 g/mol. The van der Waals surface area contributed by atoms with E-state index in [0.717, 1.165) is 0 Å². The highest BCUT2D eigenvalue weighted by atomic mass is 79.9. The fraction of sp³-hybridized carbons (Fsp3) is 0.300. The van der Waals surface area contributed by atoms with E-state index in [1.807, 2.05) is 0 Å². The Morgan fingerprint density at radius 3 is 2.77 bits per heavy atom. The molecule has 0 aromatic heterocycles. The maximum atomic E-state index is 12.5. The van der Waals surface area contributed by atoms with Crippen LogP contribution in [0.15, 0.2) is 22.7 Å². The molecule has 1 rings (SSSR count). The second-order valence-corrected chi connectivity index (χ2v) is 3.54. The van der Waals surface area contributed by atoms with Crippen molar-refractivity contribution >= 4 is 21.7 Å². The van der Waals surface area contributed by atoms with E-state index in [-0.39, 0.29) is 5.78 Å². The lowest BCUT2D eigenvalue weighted by Crippen LogP contribution is -2.02. The van der Waals surface area contributed by atoms with Crippen LogP contribution in [0.5, 0.6) is 0 Å². The van der Waals surface area contributed by atoms with Gasteiger partial charge in [0.25, 0.3) is 0 Å². The van der Waals surface area contributed by atoms with E-state index in [4.69, 9.17) is 0 Å². The molecular formula is C10H10BrFO. The highest BCUT2D eigenvalue weighted by Gasteiger charge is 2.12. The van der Waals surface area contributed by atoms with Crippen molar-refractivity contribution < 1.29 is 9.18 Å².